The van der Waals surface area contributed by atoms with Crippen molar-refractivity contribution < 1.29 is 0 Å². The first kappa shape index (κ1) is 40.1. The maximum Gasteiger partial charge on any atom is 0.179 e. The number of hydrogen-bond acceptors (Lipinski definition) is 0. The summed E-state index contributed by atoms with van der Waals surface area (Å²) < 4.78 is 7.41. The van der Waals surface area contributed by atoms with Crippen molar-refractivity contribution in [1.82, 2.24) is 13.7 Å². The van der Waals surface area contributed by atoms with Crippen LogP contribution in [0.1, 0.15) is 0 Å². The lowest BCUT2D eigenvalue weighted by Gasteiger charge is -2.34. The van der Waals surface area contributed by atoms with Crippen molar-refractivity contribution >= 4 is 94.2 Å². The molecular formula is C66H45N3Si. The van der Waals surface area contributed by atoms with E-state index in [-0.39, 0.29) is 0 Å². The van der Waals surface area contributed by atoms with Crippen LogP contribution in [0.4, 0.5) is 0 Å². The number of hydrogen-bond donors (Lipinski definition) is 0. The summed E-state index contributed by atoms with van der Waals surface area (Å²) in [6, 6.07) is 101. The second kappa shape index (κ2) is 16.1. The van der Waals surface area contributed by atoms with Crippen molar-refractivity contribution in [3.05, 3.63) is 273 Å². The van der Waals surface area contributed by atoms with E-state index >= 15 is 0 Å². The second-order valence-corrected chi connectivity index (χ2v) is 22.2. The Morgan fingerprint density at radius 1 is 0.257 bits per heavy atom. The topological polar surface area (TPSA) is 14.8 Å². The van der Waals surface area contributed by atoms with Crippen LogP contribution in [0.25, 0.3) is 93.6 Å². The van der Waals surface area contributed by atoms with Crippen molar-refractivity contribution in [2.24, 2.45) is 0 Å². The Morgan fingerprint density at radius 3 is 1.31 bits per heavy atom. The lowest BCUT2D eigenvalue weighted by atomic mass is 9.99. The predicted molar refractivity (Wildman–Crippen MR) is 299 cm³/mol. The Kier molecular flexibility index (Phi) is 9.23. The maximum atomic E-state index is 2.54. The van der Waals surface area contributed by atoms with E-state index < -0.39 is 8.07 Å². The molecule has 70 heavy (non-hydrogen) atoms. The molecule has 0 saturated heterocycles. The van der Waals surface area contributed by atoms with Gasteiger partial charge < -0.3 is 13.7 Å². The first-order chi connectivity index (χ1) is 34.8. The summed E-state index contributed by atoms with van der Waals surface area (Å²) in [5.74, 6) is 0. The van der Waals surface area contributed by atoms with Crippen molar-refractivity contribution in [3.63, 3.8) is 0 Å². The molecular weight excluding hydrogens is 863 g/mol. The summed E-state index contributed by atoms with van der Waals surface area (Å²) in [5, 5.41) is 12.9. The van der Waals surface area contributed by atoms with Crippen LogP contribution in [0, 0.1) is 0 Å². The van der Waals surface area contributed by atoms with Gasteiger partial charge in [-0.1, -0.05) is 206 Å². The van der Waals surface area contributed by atoms with Gasteiger partial charge in [0.1, 0.15) is 0 Å². The zero-order valence-electron chi connectivity index (χ0n) is 38.3. The fourth-order valence-corrected chi connectivity index (χ4v) is 16.6. The largest absolute Gasteiger partial charge is 0.309 e. The molecule has 11 aromatic carbocycles. The van der Waals surface area contributed by atoms with Crippen LogP contribution >= 0.6 is 0 Å². The van der Waals surface area contributed by atoms with Gasteiger partial charge in [0.2, 0.25) is 0 Å². The van der Waals surface area contributed by atoms with Crippen LogP contribution in [0.3, 0.4) is 0 Å². The van der Waals surface area contributed by atoms with Crippen LogP contribution < -0.4 is 20.7 Å². The van der Waals surface area contributed by atoms with Crippen molar-refractivity contribution in [1.29, 1.82) is 0 Å². The third kappa shape index (κ3) is 5.94. The quantitative estimate of drug-likeness (QED) is 0.107. The molecule has 328 valence electrons. The fourth-order valence-electron chi connectivity index (χ4n) is 11.9. The minimum absolute atomic E-state index is 1.13. The van der Waals surface area contributed by atoms with Gasteiger partial charge >= 0.3 is 0 Å². The monoisotopic (exact) mass is 907 g/mol. The van der Waals surface area contributed by atoms with Crippen molar-refractivity contribution in [2.75, 3.05) is 0 Å². The van der Waals surface area contributed by atoms with E-state index in [0.29, 0.717) is 0 Å². The molecule has 3 nitrogen and oxygen atoms in total. The zero-order valence-corrected chi connectivity index (χ0v) is 39.3. The van der Waals surface area contributed by atoms with Crippen LogP contribution in [-0.4, -0.2) is 21.8 Å². The zero-order chi connectivity index (χ0) is 46.2. The van der Waals surface area contributed by atoms with E-state index in [1.54, 1.807) is 0 Å². The molecule has 0 atom stereocenters. The molecule has 0 aliphatic rings. The van der Waals surface area contributed by atoms with E-state index in [0.717, 1.165) is 17.1 Å². The van der Waals surface area contributed by atoms with Gasteiger partial charge in [-0.05, 0) is 93.0 Å². The second-order valence-electron chi connectivity index (χ2n) is 18.4. The van der Waals surface area contributed by atoms with E-state index in [9.17, 15) is 0 Å². The van der Waals surface area contributed by atoms with Gasteiger partial charge in [-0.25, -0.2) is 0 Å². The van der Waals surface area contributed by atoms with Crippen molar-refractivity contribution in [2.45, 2.75) is 0 Å². The molecule has 14 rings (SSSR count). The summed E-state index contributed by atoms with van der Waals surface area (Å²) in [6.07, 6.45) is 0. The Balaban J connectivity index is 0.988. The van der Waals surface area contributed by atoms with Crippen molar-refractivity contribution in [3.8, 4) is 28.2 Å². The van der Waals surface area contributed by atoms with Gasteiger partial charge in [-0.15, -0.1) is 0 Å². The average Bonchev–Trinajstić information content (AvgIpc) is 4.08. The molecule has 0 spiro atoms. The first-order valence-electron chi connectivity index (χ1n) is 24.2. The molecule has 3 heterocycles. The fraction of sp³-hybridized carbons (Fsp3) is 0. The molecule has 0 fully saturated rings. The molecule has 0 aliphatic carbocycles. The van der Waals surface area contributed by atoms with Gasteiger partial charge in [0.15, 0.2) is 8.07 Å². The number of nitrogens with zero attached hydrogens (tertiary/aromatic N) is 3. The minimum atomic E-state index is -2.70. The number of rotatable bonds is 8. The van der Waals surface area contributed by atoms with Gasteiger partial charge in [-0.3, -0.25) is 0 Å². The molecule has 3 aromatic heterocycles. The highest BCUT2D eigenvalue weighted by Gasteiger charge is 2.41. The number of fused-ring (bicyclic) bond motifs is 9. The summed E-state index contributed by atoms with van der Waals surface area (Å²) >= 11 is 0. The van der Waals surface area contributed by atoms with Crippen LogP contribution in [0.2, 0.25) is 0 Å². The number of benzene rings is 11. The first-order valence-corrected chi connectivity index (χ1v) is 26.2. The Labute approximate surface area is 407 Å². The summed E-state index contributed by atoms with van der Waals surface area (Å²) in [6.45, 7) is 0. The number of para-hydroxylation sites is 5. The lowest BCUT2D eigenvalue weighted by molar-refractivity contribution is 1.17. The van der Waals surface area contributed by atoms with E-state index in [1.165, 1.54) is 97.3 Å². The molecule has 0 N–H and O–H groups in total. The van der Waals surface area contributed by atoms with Gasteiger partial charge in [0.05, 0.1) is 38.8 Å². The molecule has 0 bridgehead atoms. The third-order valence-electron chi connectivity index (χ3n) is 14.8. The Bertz CT molecular complexity index is 4170. The smallest absolute Gasteiger partial charge is 0.179 e. The molecule has 0 amide bonds. The van der Waals surface area contributed by atoms with Crippen LogP contribution in [0.5, 0.6) is 0 Å². The highest BCUT2D eigenvalue weighted by molar-refractivity contribution is 7.19. The number of aromatic nitrogens is 3. The molecule has 0 aliphatic heterocycles. The van der Waals surface area contributed by atoms with E-state index in [2.05, 4.69) is 287 Å². The van der Waals surface area contributed by atoms with E-state index in [4.69, 9.17) is 0 Å². The lowest BCUT2D eigenvalue weighted by Crippen LogP contribution is -2.74. The van der Waals surface area contributed by atoms with Crippen LogP contribution in [0.15, 0.2) is 273 Å². The SMILES string of the molecule is c1ccc(-n2c3ccccc3c3cc(-c4cccc5c6ccccc6n(-c6cccc7c6c6ccccc6n7-c6ccc([Si](c7ccccc7)(c7ccccc7)c7ccccc7)cc6)c45)ccc32)cc1. The van der Waals surface area contributed by atoms with Gasteiger partial charge in [0.25, 0.3) is 0 Å². The van der Waals surface area contributed by atoms with Gasteiger partial charge in [-0.2, -0.15) is 0 Å². The minimum Gasteiger partial charge on any atom is -0.309 e. The summed E-state index contributed by atoms with van der Waals surface area (Å²) in [4.78, 5) is 0. The molecule has 4 heteroatoms. The van der Waals surface area contributed by atoms with Crippen LogP contribution in [-0.2, 0) is 0 Å². The Hall–Kier alpha value is -8.96. The predicted octanol–water partition coefficient (Wildman–Crippen LogP) is 14.0. The van der Waals surface area contributed by atoms with E-state index in [1.807, 2.05) is 0 Å². The molecule has 14 aromatic rings. The standard InChI is InChI=1S/C66H45N3Si/c1-5-21-47(22-6-1)67-59-34-16-14-30-55(59)58-45-46(39-44-62(58)67)53-32-19-33-56-54-29-13-17-35-60(54)69(66(53)56)64-38-20-37-63-65(64)57-31-15-18-36-61(57)68(63)48-40-42-52(43-41-48)70(49-23-7-2-8-24-49,50-25-9-3-10-26-50)51-27-11-4-12-28-51/h1-45H. The molecule has 0 radical (unpaired) electrons. The third-order valence-corrected chi connectivity index (χ3v) is 19.6. The summed E-state index contributed by atoms with van der Waals surface area (Å²) in [7, 11) is -2.70. The molecule has 0 saturated carbocycles. The highest BCUT2D eigenvalue weighted by Crippen LogP contribution is 2.44. The summed E-state index contributed by atoms with van der Waals surface area (Å²) in [5.41, 5.74) is 13.0. The van der Waals surface area contributed by atoms with Gasteiger partial charge in [0, 0.05) is 49.3 Å². The molecule has 0 unspecified atom stereocenters. The average molecular weight is 908 g/mol. The maximum absolute atomic E-state index is 2.70. The normalized spacial score (nSPS) is 12.0. The highest BCUT2D eigenvalue weighted by atomic mass is 28.3. The Morgan fingerprint density at radius 2 is 0.686 bits per heavy atom.